The van der Waals surface area contributed by atoms with Gasteiger partial charge in [0.2, 0.25) is 0 Å². The van der Waals surface area contributed by atoms with Gasteiger partial charge in [-0.05, 0) is 36.7 Å². The maximum absolute atomic E-state index is 5.53. The number of hydrogen-bond donors (Lipinski definition) is 0. The van der Waals surface area contributed by atoms with Crippen molar-refractivity contribution in [1.82, 2.24) is 4.90 Å². The zero-order valence-corrected chi connectivity index (χ0v) is 10.5. The van der Waals surface area contributed by atoms with Crippen LogP contribution in [0.15, 0.2) is 18.2 Å². The zero-order chi connectivity index (χ0) is 11.7. The second-order valence-electron chi connectivity index (χ2n) is 5.05. The number of anilines is 1. The van der Waals surface area contributed by atoms with Crippen molar-refractivity contribution in [1.29, 1.82) is 0 Å². The highest BCUT2D eigenvalue weighted by Gasteiger charge is 2.16. The van der Waals surface area contributed by atoms with Gasteiger partial charge < -0.3 is 14.5 Å². The molecule has 92 valence electrons. The van der Waals surface area contributed by atoms with Crippen molar-refractivity contribution in [2.24, 2.45) is 0 Å². The Labute approximate surface area is 103 Å². The molecule has 0 atom stereocenters. The van der Waals surface area contributed by atoms with Crippen molar-refractivity contribution in [3.8, 4) is 0 Å². The first-order chi connectivity index (χ1) is 8.33. The van der Waals surface area contributed by atoms with E-state index in [0.29, 0.717) is 0 Å². The van der Waals surface area contributed by atoms with Gasteiger partial charge >= 0.3 is 0 Å². The van der Waals surface area contributed by atoms with Gasteiger partial charge in [-0.25, -0.2) is 0 Å². The molecular weight excluding hydrogens is 212 g/mol. The van der Waals surface area contributed by atoms with Gasteiger partial charge in [-0.3, -0.25) is 0 Å². The molecule has 0 N–H and O–H groups in total. The van der Waals surface area contributed by atoms with Crippen LogP contribution < -0.4 is 4.90 Å². The lowest BCUT2D eigenvalue weighted by Crippen LogP contribution is -2.44. The van der Waals surface area contributed by atoms with E-state index in [1.54, 1.807) is 0 Å². The highest BCUT2D eigenvalue weighted by molar-refractivity contribution is 5.51. The summed E-state index contributed by atoms with van der Waals surface area (Å²) in [5, 5.41) is 0. The Kier molecular flexibility index (Phi) is 3.04. The SMILES string of the molecule is CN1CCN(c2ccc3c(c2)COCC3)CC1. The van der Waals surface area contributed by atoms with E-state index in [1.165, 1.54) is 16.8 Å². The molecule has 1 aromatic carbocycles. The third kappa shape index (κ3) is 2.31. The number of hydrogen-bond acceptors (Lipinski definition) is 3. The van der Waals surface area contributed by atoms with Gasteiger partial charge in [0.15, 0.2) is 0 Å². The average molecular weight is 232 g/mol. The van der Waals surface area contributed by atoms with Gasteiger partial charge in [-0.2, -0.15) is 0 Å². The fourth-order valence-corrected chi connectivity index (χ4v) is 2.62. The van der Waals surface area contributed by atoms with E-state index in [2.05, 4.69) is 35.0 Å². The molecule has 2 aliphatic heterocycles. The molecule has 1 aromatic rings. The van der Waals surface area contributed by atoms with E-state index < -0.39 is 0 Å². The van der Waals surface area contributed by atoms with Crippen LogP contribution in [0.4, 0.5) is 5.69 Å². The van der Waals surface area contributed by atoms with E-state index in [0.717, 1.165) is 45.8 Å². The zero-order valence-electron chi connectivity index (χ0n) is 10.5. The molecule has 3 heteroatoms. The quantitative estimate of drug-likeness (QED) is 0.730. The highest BCUT2D eigenvalue weighted by atomic mass is 16.5. The number of ether oxygens (including phenoxy) is 1. The fourth-order valence-electron chi connectivity index (χ4n) is 2.62. The fraction of sp³-hybridized carbons (Fsp3) is 0.571. The maximum Gasteiger partial charge on any atom is 0.0720 e. The summed E-state index contributed by atoms with van der Waals surface area (Å²) in [4.78, 5) is 4.87. The van der Waals surface area contributed by atoms with E-state index in [4.69, 9.17) is 4.74 Å². The molecule has 0 saturated carbocycles. The molecule has 3 nitrogen and oxygen atoms in total. The molecule has 0 amide bonds. The van der Waals surface area contributed by atoms with Crippen LogP contribution in [0.2, 0.25) is 0 Å². The van der Waals surface area contributed by atoms with Crippen LogP contribution in [0.3, 0.4) is 0 Å². The molecule has 0 aliphatic carbocycles. The van der Waals surface area contributed by atoms with E-state index in [1.807, 2.05) is 0 Å². The molecule has 0 aromatic heterocycles. The Morgan fingerprint density at radius 3 is 2.71 bits per heavy atom. The van der Waals surface area contributed by atoms with Crippen molar-refractivity contribution in [3.63, 3.8) is 0 Å². The average Bonchev–Trinajstić information content (AvgIpc) is 2.39. The van der Waals surface area contributed by atoms with Crippen molar-refractivity contribution in [2.75, 3.05) is 44.7 Å². The van der Waals surface area contributed by atoms with Crippen molar-refractivity contribution in [2.45, 2.75) is 13.0 Å². The molecule has 0 bridgehead atoms. The molecule has 0 unspecified atom stereocenters. The van der Waals surface area contributed by atoms with Crippen LogP contribution in [0.1, 0.15) is 11.1 Å². The summed E-state index contributed by atoms with van der Waals surface area (Å²) in [6.07, 6.45) is 1.07. The number of piperazine rings is 1. The number of fused-ring (bicyclic) bond motifs is 1. The number of likely N-dealkylation sites (N-methyl/N-ethyl adjacent to an activating group) is 1. The van der Waals surface area contributed by atoms with Crippen LogP contribution >= 0.6 is 0 Å². The molecule has 1 saturated heterocycles. The normalized spacial score (nSPS) is 21.4. The van der Waals surface area contributed by atoms with Gasteiger partial charge in [0.1, 0.15) is 0 Å². The minimum absolute atomic E-state index is 0.789. The Morgan fingerprint density at radius 2 is 1.88 bits per heavy atom. The van der Waals surface area contributed by atoms with Crippen molar-refractivity contribution < 1.29 is 4.74 Å². The first kappa shape index (κ1) is 11.1. The number of benzene rings is 1. The Bertz CT molecular complexity index is 397. The van der Waals surface area contributed by atoms with Crippen LogP contribution in [-0.2, 0) is 17.8 Å². The summed E-state index contributed by atoms with van der Waals surface area (Å²) in [6, 6.07) is 6.88. The van der Waals surface area contributed by atoms with Crippen LogP contribution in [0.5, 0.6) is 0 Å². The second-order valence-corrected chi connectivity index (χ2v) is 5.05. The molecule has 1 fully saturated rings. The number of nitrogens with zero attached hydrogens (tertiary/aromatic N) is 2. The van der Waals surface area contributed by atoms with E-state index in [-0.39, 0.29) is 0 Å². The summed E-state index contributed by atoms with van der Waals surface area (Å²) in [7, 11) is 2.19. The predicted molar refractivity (Wildman–Crippen MR) is 69.5 cm³/mol. The van der Waals surface area contributed by atoms with Gasteiger partial charge in [0.25, 0.3) is 0 Å². The van der Waals surface area contributed by atoms with E-state index in [9.17, 15) is 0 Å². The van der Waals surface area contributed by atoms with Crippen LogP contribution in [0, 0.1) is 0 Å². The Morgan fingerprint density at radius 1 is 1.06 bits per heavy atom. The third-order valence-corrected chi connectivity index (χ3v) is 3.83. The Hall–Kier alpha value is -1.06. The highest BCUT2D eigenvalue weighted by Crippen LogP contribution is 2.24. The summed E-state index contributed by atoms with van der Waals surface area (Å²) >= 11 is 0. The molecule has 0 spiro atoms. The van der Waals surface area contributed by atoms with Crippen LogP contribution in [-0.4, -0.2) is 44.7 Å². The predicted octanol–water partition coefficient (Wildman–Crippen LogP) is 1.51. The van der Waals surface area contributed by atoms with Gasteiger partial charge in [-0.1, -0.05) is 6.07 Å². The maximum atomic E-state index is 5.53. The summed E-state index contributed by atoms with van der Waals surface area (Å²) in [5.41, 5.74) is 4.21. The molecule has 2 aliphatic rings. The smallest absolute Gasteiger partial charge is 0.0720 e. The van der Waals surface area contributed by atoms with Gasteiger partial charge in [0.05, 0.1) is 13.2 Å². The van der Waals surface area contributed by atoms with Crippen molar-refractivity contribution >= 4 is 5.69 Å². The van der Waals surface area contributed by atoms with Gasteiger partial charge in [-0.15, -0.1) is 0 Å². The lowest BCUT2D eigenvalue weighted by molar-refractivity contribution is 0.111. The largest absolute Gasteiger partial charge is 0.376 e. The van der Waals surface area contributed by atoms with Crippen LogP contribution in [0.25, 0.3) is 0 Å². The molecule has 2 heterocycles. The second kappa shape index (κ2) is 4.67. The lowest BCUT2D eigenvalue weighted by Gasteiger charge is -2.34. The summed E-state index contributed by atoms with van der Waals surface area (Å²) in [6.45, 7) is 6.26. The topological polar surface area (TPSA) is 15.7 Å². The minimum Gasteiger partial charge on any atom is -0.376 e. The molecule has 0 radical (unpaired) electrons. The lowest BCUT2D eigenvalue weighted by atomic mass is 10.0. The first-order valence-corrected chi connectivity index (χ1v) is 6.46. The molecule has 17 heavy (non-hydrogen) atoms. The standard InChI is InChI=1S/C14H20N2O/c1-15-5-7-16(8-6-15)14-3-2-12-4-9-17-11-13(12)10-14/h2-3,10H,4-9,11H2,1H3. The summed E-state index contributed by atoms with van der Waals surface area (Å²) in [5.74, 6) is 0. The summed E-state index contributed by atoms with van der Waals surface area (Å²) < 4.78 is 5.53. The van der Waals surface area contributed by atoms with Crippen molar-refractivity contribution in [3.05, 3.63) is 29.3 Å². The first-order valence-electron chi connectivity index (χ1n) is 6.46. The van der Waals surface area contributed by atoms with Gasteiger partial charge in [0, 0.05) is 31.9 Å². The Balaban J connectivity index is 1.79. The number of rotatable bonds is 1. The third-order valence-electron chi connectivity index (χ3n) is 3.83. The minimum atomic E-state index is 0.789. The monoisotopic (exact) mass is 232 g/mol. The molecular formula is C14H20N2O. The van der Waals surface area contributed by atoms with E-state index >= 15 is 0 Å². The molecule has 3 rings (SSSR count).